The van der Waals surface area contributed by atoms with E-state index in [-0.39, 0.29) is 5.91 Å². The van der Waals surface area contributed by atoms with E-state index in [4.69, 9.17) is 14.5 Å². The van der Waals surface area contributed by atoms with Gasteiger partial charge in [0, 0.05) is 21.9 Å². The van der Waals surface area contributed by atoms with Crippen molar-refractivity contribution in [3.8, 4) is 28.8 Å². The highest BCUT2D eigenvalue weighted by molar-refractivity contribution is 7.16. The topological polar surface area (TPSA) is 84.2 Å². The Morgan fingerprint density at radius 3 is 2.69 bits per heavy atom. The number of rotatable bonds is 5. The molecule has 1 aliphatic carbocycles. The third kappa shape index (κ3) is 4.33. The van der Waals surface area contributed by atoms with Gasteiger partial charge in [-0.3, -0.25) is 4.79 Å². The minimum Gasteiger partial charge on any atom is -0.497 e. The Labute approximate surface area is 208 Å². The maximum absolute atomic E-state index is 13.6. The molecular formula is C28H25N3O3S. The first-order chi connectivity index (χ1) is 17.1. The summed E-state index contributed by atoms with van der Waals surface area (Å²) in [5, 5.41) is 14.3. The molecule has 2 heterocycles. The van der Waals surface area contributed by atoms with Gasteiger partial charge >= 0.3 is 0 Å². The van der Waals surface area contributed by atoms with E-state index < -0.39 is 0 Å². The number of aryl methyl sites for hydroxylation is 1. The quantitative estimate of drug-likeness (QED) is 0.333. The van der Waals surface area contributed by atoms with Crippen molar-refractivity contribution in [2.24, 2.45) is 0 Å². The van der Waals surface area contributed by atoms with Gasteiger partial charge in [-0.15, -0.1) is 11.3 Å². The molecule has 1 amide bonds. The number of fused-ring (bicyclic) bond motifs is 2. The van der Waals surface area contributed by atoms with Crippen LogP contribution in [0.3, 0.4) is 0 Å². The van der Waals surface area contributed by atoms with Gasteiger partial charge < -0.3 is 14.8 Å². The van der Waals surface area contributed by atoms with Crippen molar-refractivity contribution in [2.75, 3.05) is 19.5 Å². The Morgan fingerprint density at radius 2 is 1.89 bits per heavy atom. The minimum atomic E-state index is -0.259. The molecule has 2 aromatic heterocycles. The highest BCUT2D eigenvalue weighted by Gasteiger charge is 2.23. The average molecular weight is 484 g/mol. The lowest BCUT2D eigenvalue weighted by Crippen LogP contribution is -2.13. The number of pyridine rings is 1. The fraction of sp³-hybridized carbons (Fsp3) is 0.250. The monoisotopic (exact) mass is 483 g/mol. The number of carbonyl (C=O) groups is 1. The van der Waals surface area contributed by atoms with Gasteiger partial charge in [-0.05, 0) is 55.5 Å². The van der Waals surface area contributed by atoms with E-state index >= 15 is 0 Å². The van der Waals surface area contributed by atoms with E-state index in [1.54, 1.807) is 26.4 Å². The van der Waals surface area contributed by atoms with Crippen LogP contribution in [-0.4, -0.2) is 25.1 Å². The molecule has 1 aliphatic rings. The van der Waals surface area contributed by atoms with E-state index in [2.05, 4.69) is 11.4 Å². The van der Waals surface area contributed by atoms with Gasteiger partial charge in [0.2, 0.25) is 0 Å². The van der Waals surface area contributed by atoms with Crippen molar-refractivity contribution in [3.05, 3.63) is 70.1 Å². The summed E-state index contributed by atoms with van der Waals surface area (Å²) in [6.07, 6.45) is 5.23. The second-order valence-electron chi connectivity index (χ2n) is 8.47. The normalized spacial score (nSPS) is 12.9. The summed E-state index contributed by atoms with van der Waals surface area (Å²) in [4.78, 5) is 19.6. The summed E-state index contributed by atoms with van der Waals surface area (Å²) in [6.45, 7) is 0. The van der Waals surface area contributed by atoms with Gasteiger partial charge in [0.15, 0.2) is 0 Å². The molecule has 0 spiro atoms. The number of methoxy groups -OCH3 is 2. The Hall–Kier alpha value is -3.89. The molecule has 4 aromatic rings. The molecule has 6 nitrogen and oxygen atoms in total. The van der Waals surface area contributed by atoms with Crippen LogP contribution in [0, 0.1) is 11.3 Å². The molecule has 0 bridgehead atoms. The molecule has 0 saturated carbocycles. The molecule has 0 radical (unpaired) electrons. The fourth-order valence-corrected chi connectivity index (χ4v) is 5.87. The van der Waals surface area contributed by atoms with Crippen LogP contribution in [0.2, 0.25) is 0 Å². The molecule has 176 valence electrons. The molecule has 35 heavy (non-hydrogen) atoms. The number of nitrogens with one attached hydrogen (secondary N) is 1. The molecule has 1 N–H and O–H groups in total. The van der Waals surface area contributed by atoms with E-state index in [1.165, 1.54) is 22.6 Å². The van der Waals surface area contributed by atoms with Crippen LogP contribution in [0.4, 0.5) is 5.00 Å². The molecule has 0 fully saturated rings. The van der Waals surface area contributed by atoms with E-state index in [0.717, 1.165) is 42.2 Å². The van der Waals surface area contributed by atoms with Crippen LogP contribution in [0.1, 0.15) is 45.6 Å². The lowest BCUT2D eigenvalue weighted by Gasteiger charge is -2.13. The van der Waals surface area contributed by atoms with Crippen LogP contribution < -0.4 is 14.8 Å². The first kappa shape index (κ1) is 22.9. The van der Waals surface area contributed by atoms with Crippen molar-refractivity contribution >= 4 is 33.1 Å². The van der Waals surface area contributed by atoms with Gasteiger partial charge in [0.1, 0.15) is 22.6 Å². The summed E-state index contributed by atoms with van der Waals surface area (Å²) in [7, 11) is 3.20. The molecule has 5 rings (SSSR count). The van der Waals surface area contributed by atoms with Crippen molar-refractivity contribution in [1.29, 1.82) is 5.26 Å². The lowest BCUT2D eigenvalue weighted by atomic mass is 10.0. The van der Waals surface area contributed by atoms with Crippen LogP contribution >= 0.6 is 11.3 Å². The number of hydrogen-bond donors (Lipinski definition) is 1. The fourth-order valence-electron chi connectivity index (χ4n) is 4.63. The van der Waals surface area contributed by atoms with Crippen LogP contribution in [0.25, 0.3) is 22.2 Å². The summed E-state index contributed by atoms with van der Waals surface area (Å²) in [5.41, 5.74) is 4.29. The predicted molar refractivity (Wildman–Crippen MR) is 139 cm³/mol. The smallest absolute Gasteiger partial charge is 0.257 e. The standard InChI is InChI=1S/C28H25N3O3S/c1-33-17-12-13-20(25(14-17)34-2)24-15-21(18-8-6-7-10-23(18)30-24)27(32)31-28-22(16-29)19-9-4-3-5-11-26(19)35-28/h6-8,10,12-15H,3-5,9,11H2,1-2H3,(H,31,32). The van der Waals surface area contributed by atoms with Crippen LogP contribution in [-0.2, 0) is 12.8 Å². The maximum Gasteiger partial charge on any atom is 0.257 e. The van der Waals surface area contributed by atoms with Gasteiger partial charge in [0.25, 0.3) is 5.91 Å². The zero-order valence-corrected chi connectivity index (χ0v) is 20.5. The number of anilines is 1. The Bertz CT molecular complexity index is 1470. The summed E-state index contributed by atoms with van der Waals surface area (Å²) < 4.78 is 10.9. The van der Waals surface area contributed by atoms with Gasteiger partial charge in [-0.25, -0.2) is 4.98 Å². The zero-order chi connectivity index (χ0) is 24.4. The molecule has 0 saturated heterocycles. The number of nitriles is 1. The average Bonchev–Trinajstić information content (AvgIpc) is 3.05. The predicted octanol–water partition coefficient (Wildman–Crippen LogP) is 6.37. The van der Waals surface area contributed by atoms with E-state index in [9.17, 15) is 10.1 Å². The van der Waals surface area contributed by atoms with Gasteiger partial charge in [0.05, 0.1) is 36.6 Å². The largest absolute Gasteiger partial charge is 0.497 e. The molecule has 0 aliphatic heterocycles. The Kier molecular flexibility index (Phi) is 6.39. The number of benzene rings is 2. The SMILES string of the molecule is COc1ccc(-c2cc(C(=O)Nc3sc4c(c3C#N)CCCCC4)c3ccccc3n2)c(OC)c1. The van der Waals surface area contributed by atoms with Gasteiger partial charge in [-0.1, -0.05) is 24.6 Å². The number of amides is 1. The molecule has 2 aromatic carbocycles. The molecular weight excluding hydrogens is 458 g/mol. The first-order valence-electron chi connectivity index (χ1n) is 11.6. The lowest BCUT2D eigenvalue weighted by molar-refractivity contribution is 0.102. The second-order valence-corrected chi connectivity index (χ2v) is 9.58. The highest BCUT2D eigenvalue weighted by atomic mass is 32.1. The summed E-state index contributed by atoms with van der Waals surface area (Å²) in [6, 6.07) is 17.2. The second kappa shape index (κ2) is 9.77. The Balaban J connectivity index is 1.59. The summed E-state index contributed by atoms with van der Waals surface area (Å²) >= 11 is 1.54. The molecule has 0 atom stereocenters. The van der Waals surface area contributed by atoms with Crippen molar-refractivity contribution in [2.45, 2.75) is 32.1 Å². The number of hydrogen-bond acceptors (Lipinski definition) is 6. The van der Waals surface area contributed by atoms with E-state index in [0.29, 0.717) is 38.8 Å². The number of aromatic nitrogens is 1. The molecule has 7 heteroatoms. The van der Waals surface area contributed by atoms with Gasteiger partial charge in [-0.2, -0.15) is 5.26 Å². The van der Waals surface area contributed by atoms with E-state index in [1.807, 2.05) is 36.4 Å². The molecule has 0 unspecified atom stereocenters. The Morgan fingerprint density at radius 1 is 1.06 bits per heavy atom. The minimum absolute atomic E-state index is 0.259. The van der Waals surface area contributed by atoms with Crippen molar-refractivity contribution in [1.82, 2.24) is 4.98 Å². The van der Waals surface area contributed by atoms with Crippen LogP contribution in [0.5, 0.6) is 11.5 Å². The number of para-hydroxylation sites is 1. The number of thiophene rings is 1. The van der Waals surface area contributed by atoms with Crippen molar-refractivity contribution < 1.29 is 14.3 Å². The number of nitrogens with zero attached hydrogens (tertiary/aromatic N) is 2. The first-order valence-corrected chi connectivity index (χ1v) is 12.4. The summed E-state index contributed by atoms with van der Waals surface area (Å²) in [5.74, 6) is 1.02. The third-order valence-corrected chi connectivity index (χ3v) is 7.61. The number of ether oxygens (including phenoxy) is 2. The maximum atomic E-state index is 13.6. The highest BCUT2D eigenvalue weighted by Crippen LogP contribution is 2.38. The zero-order valence-electron chi connectivity index (χ0n) is 19.7. The number of carbonyl (C=O) groups excluding carboxylic acids is 1. The van der Waals surface area contributed by atoms with Crippen LogP contribution in [0.15, 0.2) is 48.5 Å². The third-order valence-electron chi connectivity index (χ3n) is 6.41. The van der Waals surface area contributed by atoms with Crippen molar-refractivity contribution in [3.63, 3.8) is 0 Å².